The predicted octanol–water partition coefficient (Wildman–Crippen LogP) is 1.63. The zero-order chi connectivity index (χ0) is 19.5. The van der Waals surface area contributed by atoms with E-state index in [0.29, 0.717) is 30.2 Å². The molecule has 1 fully saturated rings. The first kappa shape index (κ1) is 18.4. The van der Waals surface area contributed by atoms with Crippen LogP contribution in [0.1, 0.15) is 12.5 Å². The van der Waals surface area contributed by atoms with E-state index < -0.39 is 0 Å². The molecule has 2 aliphatic heterocycles. The third-order valence-electron chi connectivity index (χ3n) is 5.19. The molecule has 1 N–H and O–H groups in total. The highest BCUT2D eigenvalue weighted by atomic mass is 16.7. The standard InChI is InChI=1S/C20H23N3O5/c1-2-26-18-6-4-3-5-16(18)22-9-7-21(8-10-22)13-15-11-19-20(28-14-27-19)12-17(15)23(24)25/h3-6,11-12H,2,7-10,13-14H2,1H3/p+1. The summed E-state index contributed by atoms with van der Waals surface area (Å²) in [4.78, 5) is 14.8. The van der Waals surface area contributed by atoms with E-state index in [1.807, 2.05) is 25.1 Å². The Kier molecular flexibility index (Phi) is 5.21. The van der Waals surface area contributed by atoms with Crippen molar-refractivity contribution in [2.24, 2.45) is 0 Å². The van der Waals surface area contributed by atoms with Crippen LogP contribution in [-0.4, -0.2) is 44.5 Å². The maximum atomic E-state index is 11.5. The van der Waals surface area contributed by atoms with Gasteiger partial charge in [-0.3, -0.25) is 10.1 Å². The second kappa shape index (κ2) is 7.93. The van der Waals surface area contributed by atoms with Crippen LogP contribution in [0.2, 0.25) is 0 Å². The third-order valence-corrected chi connectivity index (χ3v) is 5.19. The highest BCUT2D eigenvalue weighted by Gasteiger charge is 2.28. The molecule has 0 bridgehead atoms. The Hall–Kier alpha value is -3.00. The van der Waals surface area contributed by atoms with Crippen LogP contribution in [0.4, 0.5) is 11.4 Å². The van der Waals surface area contributed by atoms with E-state index in [4.69, 9.17) is 14.2 Å². The Morgan fingerprint density at radius 3 is 2.61 bits per heavy atom. The second-order valence-electron chi connectivity index (χ2n) is 6.91. The molecule has 0 amide bonds. The van der Waals surface area contributed by atoms with Gasteiger partial charge in [-0.2, -0.15) is 0 Å². The first-order chi connectivity index (χ1) is 13.7. The molecule has 4 rings (SSSR count). The van der Waals surface area contributed by atoms with E-state index in [-0.39, 0.29) is 17.4 Å². The van der Waals surface area contributed by atoms with E-state index in [2.05, 4.69) is 11.0 Å². The van der Waals surface area contributed by atoms with Crippen molar-refractivity contribution in [3.8, 4) is 17.2 Å². The number of nitro groups is 1. The normalized spacial score (nSPS) is 16.2. The number of fused-ring (bicyclic) bond motifs is 1. The summed E-state index contributed by atoms with van der Waals surface area (Å²) in [6.07, 6.45) is 0. The Morgan fingerprint density at radius 2 is 1.89 bits per heavy atom. The summed E-state index contributed by atoms with van der Waals surface area (Å²) >= 11 is 0. The molecule has 0 aromatic heterocycles. The lowest BCUT2D eigenvalue weighted by atomic mass is 10.1. The van der Waals surface area contributed by atoms with Crippen molar-refractivity contribution in [2.45, 2.75) is 13.5 Å². The molecule has 8 nitrogen and oxygen atoms in total. The smallest absolute Gasteiger partial charge is 0.282 e. The number of nitrogens with one attached hydrogen (secondary N) is 1. The fourth-order valence-corrected chi connectivity index (χ4v) is 3.79. The summed E-state index contributed by atoms with van der Waals surface area (Å²) in [7, 11) is 0. The van der Waals surface area contributed by atoms with Gasteiger partial charge in [-0.15, -0.1) is 0 Å². The number of hydrogen-bond acceptors (Lipinski definition) is 6. The second-order valence-corrected chi connectivity index (χ2v) is 6.91. The molecular weight excluding hydrogens is 362 g/mol. The average Bonchev–Trinajstić information content (AvgIpc) is 3.16. The van der Waals surface area contributed by atoms with Gasteiger partial charge in [-0.05, 0) is 25.1 Å². The first-order valence-corrected chi connectivity index (χ1v) is 9.53. The minimum Gasteiger partial charge on any atom is -0.492 e. The minimum atomic E-state index is -0.342. The van der Waals surface area contributed by atoms with Crippen molar-refractivity contribution in [1.29, 1.82) is 0 Å². The monoisotopic (exact) mass is 386 g/mol. The van der Waals surface area contributed by atoms with Gasteiger partial charge >= 0.3 is 0 Å². The van der Waals surface area contributed by atoms with Crippen LogP contribution in [-0.2, 0) is 6.54 Å². The topological polar surface area (TPSA) is 78.5 Å². The fourth-order valence-electron chi connectivity index (χ4n) is 3.79. The maximum absolute atomic E-state index is 11.5. The summed E-state index contributed by atoms with van der Waals surface area (Å²) in [6.45, 7) is 6.86. The Bertz CT molecular complexity index is 865. The first-order valence-electron chi connectivity index (χ1n) is 9.53. The van der Waals surface area contributed by atoms with Crippen molar-refractivity contribution < 1.29 is 24.0 Å². The van der Waals surface area contributed by atoms with E-state index in [9.17, 15) is 10.1 Å². The van der Waals surface area contributed by atoms with Crippen LogP contribution in [0.25, 0.3) is 0 Å². The van der Waals surface area contributed by atoms with E-state index >= 15 is 0 Å². The van der Waals surface area contributed by atoms with Gasteiger partial charge in [0.15, 0.2) is 11.5 Å². The average molecular weight is 386 g/mol. The van der Waals surface area contributed by atoms with Gasteiger partial charge in [-0.1, -0.05) is 12.1 Å². The molecule has 0 saturated carbocycles. The summed E-state index contributed by atoms with van der Waals surface area (Å²) < 4.78 is 16.4. The zero-order valence-electron chi connectivity index (χ0n) is 15.8. The highest BCUT2D eigenvalue weighted by molar-refractivity contribution is 5.58. The quantitative estimate of drug-likeness (QED) is 0.601. The summed E-state index contributed by atoms with van der Waals surface area (Å²) in [5, 5.41) is 11.5. The number of rotatable bonds is 6. The molecule has 2 heterocycles. The molecule has 2 aromatic carbocycles. The van der Waals surface area contributed by atoms with Crippen LogP contribution >= 0.6 is 0 Å². The highest BCUT2D eigenvalue weighted by Crippen LogP contribution is 2.37. The molecule has 28 heavy (non-hydrogen) atoms. The molecule has 2 aliphatic rings. The Morgan fingerprint density at radius 1 is 1.18 bits per heavy atom. The lowest BCUT2D eigenvalue weighted by Gasteiger charge is -2.34. The SMILES string of the molecule is CCOc1ccccc1N1CC[NH+](Cc2cc3c(cc2[N+](=O)[O-])OCO3)CC1. The molecule has 2 aromatic rings. The Balaban J connectivity index is 1.45. The van der Waals surface area contributed by atoms with E-state index in [1.165, 1.54) is 11.0 Å². The van der Waals surface area contributed by atoms with Crippen molar-refractivity contribution in [2.75, 3.05) is 44.5 Å². The van der Waals surface area contributed by atoms with Gasteiger partial charge in [0.25, 0.3) is 5.69 Å². The van der Waals surface area contributed by atoms with Gasteiger partial charge in [0.05, 0.1) is 55.0 Å². The number of hydrogen-bond donors (Lipinski definition) is 1. The number of nitro benzene ring substituents is 1. The van der Waals surface area contributed by atoms with Crippen LogP contribution < -0.4 is 24.0 Å². The molecule has 1 saturated heterocycles. The lowest BCUT2D eigenvalue weighted by Crippen LogP contribution is -3.13. The van der Waals surface area contributed by atoms with Crippen LogP contribution in [0.15, 0.2) is 36.4 Å². The molecule has 0 atom stereocenters. The number of ether oxygens (including phenoxy) is 3. The van der Waals surface area contributed by atoms with Crippen molar-refractivity contribution in [3.63, 3.8) is 0 Å². The van der Waals surface area contributed by atoms with Gasteiger partial charge in [0.1, 0.15) is 12.3 Å². The summed E-state index contributed by atoms with van der Waals surface area (Å²) in [6, 6.07) is 11.3. The van der Waals surface area contributed by atoms with Crippen molar-refractivity contribution >= 4 is 11.4 Å². The van der Waals surface area contributed by atoms with E-state index in [0.717, 1.165) is 37.6 Å². The summed E-state index contributed by atoms with van der Waals surface area (Å²) in [5.74, 6) is 1.94. The number of anilines is 1. The maximum Gasteiger partial charge on any atom is 0.282 e. The minimum absolute atomic E-state index is 0.0980. The van der Waals surface area contributed by atoms with Gasteiger partial charge in [-0.25, -0.2) is 0 Å². The molecule has 8 heteroatoms. The van der Waals surface area contributed by atoms with Crippen molar-refractivity contribution in [3.05, 3.63) is 52.1 Å². The summed E-state index contributed by atoms with van der Waals surface area (Å²) in [5.41, 5.74) is 1.89. The van der Waals surface area contributed by atoms with Gasteiger partial charge in [0.2, 0.25) is 6.79 Å². The largest absolute Gasteiger partial charge is 0.492 e. The molecule has 0 unspecified atom stereocenters. The van der Waals surface area contributed by atoms with Gasteiger partial charge < -0.3 is 24.0 Å². The number of quaternary nitrogens is 1. The molecule has 0 radical (unpaired) electrons. The Labute approximate surface area is 163 Å². The molecule has 0 aliphatic carbocycles. The molecule has 0 spiro atoms. The molecule has 148 valence electrons. The number of para-hydroxylation sites is 2. The van der Waals surface area contributed by atoms with Crippen LogP contribution in [0.3, 0.4) is 0 Å². The van der Waals surface area contributed by atoms with Gasteiger partial charge in [0, 0.05) is 0 Å². The number of piperazine rings is 1. The zero-order valence-corrected chi connectivity index (χ0v) is 15.8. The third kappa shape index (κ3) is 3.68. The number of benzene rings is 2. The van der Waals surface area contributed by atoms with E-state index in [1.54, 1.807) is 6.07 Å². The number of nitrogens with zero attached hydrogens (tertiary/aromatic N) is 2. The molecular formula is C20H24N3O5+. The van der Waals surface area contributed by atoms with Crippen LogP contribution in [0, 0.1) is 10.1 Å². The van der Waals surface area contributed by atoms with Crippen molar-refractivity contribution in [1.82, 2.24) is 0 Å². The predicted molar refractivity (Wildman–Crippen MR) is 103 cm³/mol. The van der Waals surface area contributed by atoms with Crippen LogP contribution in [0.5, 0.6) is 17.2 Å². The lowest BCUT2D eigenvalue weighted by molar-refractivity contribution is -0.914. The fraction of sp³-hybridized carbons (Fsp3) is 0.400.